The maximum atomic E-state index is 10.4. The fourth-order valence-corrected chi connectivity index (χ4v) is 3.17. The molecule has 1 saturated carbocycles. The minimum atomic E-state index is -0.633. The molecule has 0 bridgehead atoms. The smallest absolute Gasteiger partial charge is 0.124 e. The van der Waals surface area contributed by atoms with E-state index in [0.29, 0.717) is 6.61 Å². The van der Waals surface area contributed by atoms with Crippen molar-refractivity contribution in [3.8, 4) is 5.75 Å². The number of benzene rings is 1. The molecule has 1 aromatic rings. The third-order valence-corrected chi connectivity index (χ3v) is 4.47. The van der Waals surface area contributed by atoms with E-state index in [2.05, 4.69) is 41.2 Å². The largest absolute Gasteiger partial charge is 0.490 e. The molecule has 0 spiro atoms. The van der Waals surface area contributed by atoms with E-state index in [-0.39, 0.29) is 6.04 Å². The molecule has 1 aliphatic carbocycles. The Labute approximate surface area is 129 Å². The average Bonchev–Trinajstić information content (AvgIpc) is 2.85. The van der Waals surface area contributed by atoms with Crippen LogP contribution in [-0.4, -0.2) is 23.9 Å². The molecule has 0 aromatic heterocycles. The molecular weight excluding hydrogens is 318 g/mol. The Morgan fingerprint density at radius 2 is 2.10 bits per heavy atom. The average molecular weight is 342 g/mol. The number of aliphatic hydroxyl groups is 1. The monoisotopic (exact) mass is 341 g/mol. The van der Waals surface area contributed by atoms with Gasteiger partial charge in [-0.3, -0.25) is 0 Å². The first-order valence-corrected chi connectivity index (χ1v) is 8.21. The number of nitrogens with one attached hydrogen (secondary N) is 1. The van der Waals surface area contributed by atoms with Crippen molar-refractivity contribution >= 4 is 15.9 Å². The van der Waals surface area contributed by atoms with E-state index in [4.69, 9.17) is 4.74 Å². The van der Waals surface area contributed by atoms with Crippen molar-refractivity contribution in [3.63, 3.8) is 0 Å². The molecule has 0 amide bonds. The summed E-state index contributed by atoms with van der Waals surface area (Å²) >= 11 is 3.51. The zero-order valence-electron chi connectivity index (χ0n) is 12.3. The number of hydrogen-bond acceptors (Lipinski definition) is 3. The molecule has 4 heteroatoms. The van der Waals surface area contributed by atoms with E-state index < -0.39 is 5.60 Å². The SMILES string of the molecule is CCNC(C)c1cc(Br)ccc1OCC1(O)CCCC1. The minimum Gasteiger partial charge on any atom is -0.490 e. The van der Waals surface area contributed by atoms with E-state index in [1.54, 1.807) is 0 Å². The third-order valence-electron chi connectivity index (χ3n) is 3.98. The summed E-state index contributed by atoms with van der Waals surface area (Å²) in [6.07, 6.45) is 3.89. The molecule has 2 rings (SSSR count). The lowest BCUT2D eigenvalue weighted by Gasteiger charge is -2.24. The molecule has 1 aromatic carbocycles. The van der Waals surface area contributed by atoms with Crippen molar-refractivity contribution < 1.29 is 9.84 Å². The first-order valence-electron chi connectivity index (χ1n) is 7.42. The highest BCUT2D eigenvalue weighted by atomic mass is 79.9. The van der Waals surface area contributed by atoms with Crippen LogP contribution in [0.2, 0.25) is 0 Å². The Morgan fingerprint density at radius 1 is 1.40 bits per heavy atom. The molecule has 3 nitrogen and oxygen atoms in total. The lowest BCUT2D eigenvalue weighted by Crippen LogP contribution is -2.32. The maximum Gasteiger partial charge on any atom is 0.124 e. The lowest BCUT2D eigenvalue weighted by atomic mass is 10.0. The number of ether oxygens (including phenoxy) is 1. The molecule has 1 unspecified atom stereocenters. The van der Waals surface area contributed by atoms with Gasteiger partial charge >= 0.3 is 0 Å². The minimum absolute atomic E-state index is 0.228. The summed E-state index contributed by atoms with van der Waals surface area (Å²) in [6.45, 7) is 5.52. The van der Waals surface area contributed by atoms with E-state index in [1.807, 2.05) is 12.1 Å². The van der Waals surface area contributed by atoms with Crippen molar-refractivity contribution in [1.82, 2.24) is 5.32 Å². The van der Waals surface area contributed by atoms with Crippen LogP contribution in [-0.2, 0) is 0 Å². The Hall–Kier alpha value is -0.580. The summed E-state index contributed by atoms with van der Waals surface area (Å²) in [5, 5.41) is 13.8. The Balaban J connectivity index is 2.10. The molecule has 112 valence electrons. The van der Waals surface area contributed by atoms with Crippen molar-refractivity contribution in [2.45, 2.75) is 51.2 Å². The van der Waals surface area contributed by atoms with Crippen LogP contribution >= 0.6 is 15.9 Å². The lowest BCUT2D eigenvalue weighted by molar-refractivity contribution is 0.00101. The second kappa shape index (κ2) is 6.92. The number of hydrogen-bond donors (Lipinski definition) is 2. The summed E-state index contributed by atoms with van der Waals surface area (Å²) in [4.78, 5) is 0. The molecule has 0 saturated heterocycles. The van der Waals surface area contributed by atoms with Gasteiger partial charge < -0.3 is 15.2 Å². The highest BCUT2D eigenvalue weighted by molar-refractivity contribution is 9.10. The molecule has 20 heavy (non-hydrogen) atoms. The van der Waals surface area contributed by atoms with Crippen molar-refractivity contribution in [2.75, 3.05) is 13.2 Å². The highest BCUT2D eigenvalue weighted by Crippen LogP contribution is 2.33. The zero-order chi connectivity index (χ0) is 14.6. The van der Waals surface area contributed by atoms with Gasteiger partial charge in [0, 0.05) is 16.1 Å². The van der Waals surface area contributed by atoms with Crippen molar-refractivity contribution in [3.05, 3.63) is 28.2 Å². The van der Waals surface area contributed by atoms with E-state index in [1.165, 1.54) is 0 Å². The first kappa shape index (κ1) is 15.8. The predicted octanol–water partition coefficient (Wildman–Crippen LogP) is 3.80. The van der Waals surface area contributed by atoms with Crippen LogP contribution in [0.5, 0.6) is 5.75 Å². The Kier molecular flexibility index (Phi) is 5.47. The molecule has 0 heterocycles. The second-order valence-corrected chi connectivity index (χ2v) is 6.60. The van der Waals surface area contributed by atoms with Crippen LogP contribution < -0.4 is 10.1 Å². The summed E-state index contributed by atoms with van der Waals surface area (Å²) in [6, 6.07) is 6.27. The number of halogens is 1. The third kappa shape index (κ3) is 3.96. The maximum absolute atomic E-state index is 10.4. The van der Waals surface area contributed by atoms with E-state index >= 15 is 0 Å². The topological polar surface area (TPSA) is 41.5 Å². The van der Waals surface area contributed by atoms with E-state index in [9.17, 15) is 5.11 Å². The fourth-order valence-electron chi connectivity index (χ4n) is 2.79. The van der Waals surface area contributed by atoms with Crippen molar-refractivity contribution in [2.24, 2.45) is 0 Å². The fraction of sp³-hybridized carbons (Fsp3) is 0.625. The van der Waals surface area contributed by atoms with Gasteiger partial charge in [0.25, 0.3) is 0 Å². The molecule has 2 N–H and O–H groups in total. The quantitative estimate of drug-likeness (QED) is 0.826. The molecule has 1 fully saturated rings. The Bertz CT molecular complexity index is 444. The van der Waals surface area contributed by atoms with Gasteiger partial charge in [-0.05, 0) is 44.5 Å². The molecule has 0 radical (unpaired) electrons. The van der Waals surface area contributed by atoms with Gasteiger partial charge in [-0.1, -0.05) is 35.7 Å². The van der Waals surface area contributed by atoms with Gasteiger partial charge in [-0.15, -0.1) is 0 Å². The number of rotatable bonds is 6. The highest BCUT2D eigenvalue weighted by Gasteiger charge is 2.32. The Morgan fingerprint density at radius 3 is 2.75 bits per heavy atom. The molecule has 1 atom stereocenters. The van der Waals surface area contributed by atoms with Crippen LogP contribution in [0.25, 0.3) is 0 Å². The summed E-state index contributed by atoms with van der Waals surface area (Å²) < 4.78 is 6.98. The second-order valence-electron chi connectivity index (χ2n) is 5.68. The summed E-state index contributed by atoms with van der Waals surface area (Å²) in [7, 11) is 0. The predicted molar refractivity (Wildman–Crippen MR) is 85.1 cm³/mol. The van der Waals surface area contributed by atoms with Gasteiger partial charge in [-0.2, -0.15) is 0 Å². The summed E-state index contributed by atoms with van der Waals surface area (Å²) in [5.74, 6) is 0.863. The van der Waals surface area contributed by atoms with E-state index in [0.717, 1.165) is 48.0 Å². The van der Waals surface area contributed by atoms with Gasteiger partial charge in [0.15, 0.2) is 0 Å². The first-order chi connectivity index (χ1) is 9.54. The van der Waals surface area contributed by atoms with Crippen LogP contribution in [0.15, 0.2) is 22.7 Å². The van der Waals surface area contributed by atoms with Gasteiger partial charge in [0.1, 0.15) is 12.4 Å². The summed E-state index contributed by atoms with van der Waals surface area (Å²) in [5.41, 5.74) is 0.494. The zero-order valence-corrected chi connectivity index (χ0v) is 13.9. The van der Waals surface area contributed by atoms with Crippen LogP contribution in [0.4, 0.5) is 0 Å². The van der Waals surface area contributed by atoms with Crippen LogP contribution in [0.3, 0.4) is 0 Å². The van der Waals surface area contributed by atoms with Crippen molar-refractivity contribution in [1.29, 1.82) is 0 Å². The molecule has 1 aliphatic rings. The normalized spacial score (nSPS) is 19.0. The standard InChI is InChI=1S/C16H24BrNO2/c1-3-18-12(2)14-10-13(17)6-7-15(14)20-11-16(19)8-4-5-9-16/h6-7,10,12,18-19H,3-5,8-9,11H2,1-2H3. The molecule has 0 aliphatic heterocycles. The molecular formula is C16H24BrNO2. The van der Waals surface area contributed by atoms with Gasteiger partial charge in [-0.25, -0.2) is 0 Å². The van der Waals surface area contributed by atoms with Crippen LogP contribution in [0, 0.1) is 0 Å². The van der Waals surface area contributed by atoms with Gasteiger partial charge in [0.05, 0.1) is 5.60 Å². The van der Waals surface area contributed by atoms with Crippen LogP contribution in [0.1, 0.15) is 51.1 Å². The van der Waals surface area contributed by atoms with Gasteiger partial charge in [0.2, 0.25) is 0 Å².